The van der Waals surface area contributed by atoms with Crippen molar-refractivity contribution in [3.63, 3.8) is 0 Å². The zero-order chi connectivity index (χ0) is 21.7. The molecule has 7 rings (SSSR count). The number of aromatic nitrogens is 6. The second kappa shape index (κ2) is 7.65. The first-order valence-corrected chi connectivity index (χ1v) is 11.7. The van der Waals surface area contributed by atoms with E-state index in [4.69, 9.17) is 5.11 Å². The second-order valence-corrected chi connectivity index (χ2v) is 10.2. The van der Waals surface area contributed by atoms with Gasteiger partial charge in [0.2, 0.25) is 0 Å². The normalized spacial score (nSPS) is 28.5. The molecule has 0 radical (unpaired) electrons. The number of hydrogen-bond donors (Lipinski definition) is 2. The van der Waals surface area contributed by atoms with Gasteiger partial charge >= 0.3 is 0 Å². The predicted octanol–water partition coefficient (Wildman–Crippen LogP) is 1.85. The van der Waals surface area contributed by atoms with Crippen LogP contribution in [0, 0.1) is 23.2 Å². The fourth-order valence-corrected chi connectivity index (χ4v) is 6.88. The Morgan fingerprint density at radius 2 is 1.91 bits per heavy atom. The number of carbonyl (C=O) groups is 1. The molecule has 3 aromatic heterocycles. The molecule has 9 nitrogen and oxygen atoms in total. The first-order valence-electron chi connectivity index (χ1n) is 11.7. The maximum absolute atomic E-state index is 13.2. The van der Waals surface area contributed by atoms with Crippen LogP contribution in [0.5, 0.6) is 0 Å². The van der Waals surface area contributed by atoms with Crippen LogP contribution in [0.25, 0.3) is 5.65 Å². The van der Waals surface area contributed by atoms with Crippen LogP contribution < -0.4 is 5.32 Å². The van der Waals surface area contributed by atoms with Crippen molar-refractivity contribution < 1.29 is 9.90 Å². The number of pyridine rings is 1. The van der Waals surface area contributed by atoms with Crippen molar-refractivity contribution in [3.8, 4) is 0 Å². The Labute approximate surface area is 186 Å². The summed E-state index contributed by atoms with van der Waals surface area (Å²) >= 11 is 0. The molecule has 4 aliphatic rings. The van der Waals surface area contributed by atoms with Crippen LogP contribution in [0.2, 0.25) is 0 Å². The van der Waals surface area contributed by atoms with E-state index in [2.05, 4.69) is 25.7 Å². The van der Waals surface area contributed by atoms with Crippen LogP contribution in [-0.2, 0) is 13.0 Å². The minimum absolute atomic E-state index is 0.0121. The van der Waals surface area contributed by atoms with Crippen molar-refractivity contribution in [2.24, 2.45) is 23.2 Å². The van der Waals surface area contributed by atoms with Gasteiger partial charge in [0.1, 0.15) is 17.9 Å². The number of hydrogen-bond acceptors (Lipinski definition) is 6. The molecule has 9 heteroatoms. The first kappa shape index (κ1) is 19.8. The largest absolute Gasteiger partial charge is 0.396 e. The van der Waals surface area contributed by atoms with Gasteiger partial charge in [-0.3, -0.25) is 9.20 Å². The Hall–Kier alpha value is -2.81. The van der Waals surface area contributed by atoms with E-state index in [9.17, 15) is 4.79 Å². The average Bonchev–Trinajstić information content (AvgIpc) is 3.37. The highest BCUT2D eigenvalue weighted by Crippen LogP contribution is 2.59. The van der Waals surface area contributed by atoms with E-state index in [0.717, 1.165) is 35.6 Å². The van der Waals surface area contributed by atoms with E-state index < -0.39 is 0 Å². The van der Waals surface area contributed by atoms with Crippen molar-refractivity contribution in [2.45, 2.75) is 51.5 Å². The molecule has 0 unspecified atom stereocenters. The minimum atomic E-state index is -0.0422. The van der Waals surface area contributed by atoms with Crippen molar-refractivity contribution >= 4 is 11.6 Å². The molecule has 4 fully saturated rings. The quantitative estimate of drug-likeness (QED) is 0.586. The Bertz CT molecular complexity index is 1120. The molecular weight excluding hydrogens is 406 g/mol. The molecule has 2 N–H and O–H groups in total. The van der Waals surface area contributed by atoms with Crippen molar-refractivity contribution in [1.29, 1.82) is 0 Å². The lowest BCUT2D eigenvalue weighted by atomic mass is 9.49. The highest BCUT2D eigenvalue weighted by molar-refractivity contribution is 5.93. The van der Waals surface area contributed by atoms with Crippen LogP contribution in [0.1, 0.15) is 60.5 Å². The van der Waals surface area contributed by atoms with Crippen LogP contribution in [0.15, 0.2) is 24.4 Å². The maximum atomic E-state index is 13.2. The summed E-state index contributed by atoms with van der Waals surface area (Å²) in [4.78, 5) is 19.3. The van der Waals surface area contributed by atoms with E-state index in [1.807, 2.05) is 28.8 Å². The number of tetrazole rings is 1. The van der Waals surface area contributed by atoms with Gasteiger partial charge in [0.25, 0.3) is 5.91 Å². The molecular formula is C23H29N7O2. The van der Waals surface area contributed by atoms with Gasteiger partial charge in [-0.1, -0.05) is 6.07 Å². The lowest BCUT2D eigenvalue weighted by Gasteiger charge is -2.56. The van der Waals surface area contributed by atoms with Gasteiger partial charge in [-0.2, -0.15) is 4.80 Å². The summed E-state index contributed by atoms with van der Waals surface area (Å²) in [5.41, 5.74) is 2.37. The molecule has 3 aromatic rings. The molecule has 1 amide bonds. The van der Waals surface area contributed by atoms with Crippen molar-refractivity contribution in [3.05, 3.63) is 41.6 Å². The Morgan fingerprint density at radius 3 is 2.62 bits per heavy atom. The van der Waals surface area contributed by atoms with E-state index in [-0.39, 0.29) is 12.5 Å². The topological polar surface area (TPSA) is 110 Å². The van der Waals surface area contributed by atoms with Crippen LogP contribution in [0.3, 0.4) is 0 Å². The monoisotopic (exact) mass is 435 g/mol. The molecule has 32 heavy (non-hydrogen) atoms. The molecule has 4 saturated carbocycles. The van der Waals surface area contributed by atoms with E-state index in [1.54, 1.807) is 0 Å². The number of aliphatic hydroxyl groups is 1. The lowest BCUT2D eigenvalue weighted by Crippen LogP contribution is -2.51. The number of fused-ring (bicyclic) bond motifs is 1. The molecule has 0 saturated heterocycles. The number of nitrogens with one attached hydrogen (secondary N) is 1. The predicted molar refractivity (Wildman–Crippen MR) is 116 cm³/mol. The molecule has 0 atom stereocenters. The summed E-state index contributed by atoms with van der Waals surface area (Å²) in [7, 11) is 0. The molecule has 168 valence electrons. The van der Waals surface area contributed by atoms with Gasteiger partial charge < -0.3 is 10.4 Å². The first-order chi connectivity index (χ1) is 15.6. The molecule has 3 heterocycles. The van der Waals surface area contributed by atoms with Crippen LogP contribution >= 0.6 is 0 Å². The third kappa shape index (κ3) is 3.58. The molecule has 0 spiro atoms. The zero-order valence-electron chi connectivity index (χ0n) is 18.2. The average molecular weight is 436 g/mol. The summed E-state index contributed by atoms with van der Waals surface area (Å²) in [5.74, 6) is 3.09. The summed E-state index contributed by atoms with van der Waals surface area (Å²) in [6.45, 7) is 1.13. The highest BCUT2D eigenvalue weighted by Gasteiger charge is 2.50. The maximum Gasteiger partial charge on any atom is 0.268 e. The Balaban J connectivity index is 1.18. The summed E-state index contributed by atoms with van der Waals surface area (Å²) < 4.78 is 1.84. The standard InChI is InChI=1S/C23H29N7O2/c31-5-4-20-26-28-30(27-20)13-18-12-29-19(2-1-3-21(29)25-18)22(32)24-14-23-9-15-6-16(10-23)8-17(7-15)11-23/h1-3,12,15-17,31H,4-11,13-14H2,(H,24,32). The third-order valence-corrected chi connectivity index (χ3v) is 7.70. The van der Waals surface area contributed by atoms with Crippen LogP contribution in [0.4, 0.5) is 0 Å². The van der Waals surface area contributed by atoms with Gasteiger partial charge in [0.15, 0.2) is 5.82 Å². The van der Waals surface area contributed by atoms with E-state index in [0.29, 0.717) is 29.9 Å². The number of carbonyl (C=O) groups excluding carboxylic acids is 1. The summed E-state index contributed by atoms with van der Waals surface area (Å²) in [6, 6.07) is 5.62. The Kier molecular flexibility index (Phi) is 4.74. The number of nitrogens with zero attached hydrogens (tertiary/aromatic N) is 6. The van der Waals surface area contributed by atoms with Gasteiger partial charge in [-0.05, 0) is 79.0 Å². The third-order valence-electron chi connectivity index (χ3n) is 7.70. The minimum Gasteiger partial charge on any atom is -0.396 e. The van der Waals surface area contributed by atoms with Crippen LogP contribution in [-0.4, -0.2) is 53.8 Å². The van der Waals surface area contributed by atoms with Gasteiger partial charge in [0, 0.05) is 19.2 Å². The number of amides is 1. The van der Waals surface area contributed by atoms with Gasteiger partial charge in [0.05, 0.1) is 12.3 Å². The molecule has 0 aliphatic heterocycles. The van der Waals surface area contributed by atoms with E-state index in [1.165, 1.54) is 43.3 Å². The fourth-order valence-electron chi connectivity index (χ4n) is 6.88. The number of aliphatic hydroxyl groups excluding tert-OH is 1. The van der Waals surface area contributed by atoms with E-state index >= 15 is 0 Å². The fraction of sp³-hybridized carbons (Fsp3) is 0.609. The summed E-state index contributed by atoms with van der Waals surface area (Å²) in [6.07, 6.45) is 10.3. The summed E-state index contributed by atoms with van der Waals surface area (Å²) in [5, 5.41) is 24.5. The lowest BCUT2D eigenvalue weighted by molar-refractivity contribution is -0.0503. The second-order valence-electron chi connectivity index (χ2n) is 10.2. The Morgan fingerprint density at radius 1 is 1.16 bits per heavy atom. The number of rotatable bonds is 7. The van der Waals surface area contributed by atoms with Gasteiger partial charge in [-0.15, -0.1) is 10.2 Å². The SMILES string of the molecule is O=C(NCC12CC3CC(CC(C3)C1)C2)c1cccc2nc(Cn3nnc(CCO)n3)cn12. The van der Waals surface area contributed by atoms with Crippen molar-refractivity contribution in [2.75, 3.05) is 13.2 Å². The molecule has 4 bridgehead atoms. The zero-order valence-corrected chi connectivity index (χ0v) is 18.2. The number of imidazole rings is 1. The van der Waals surface area contributed by atoms with Gasteiger partial charge in [-0.25, -0.2) is 4.98 Å². The van der Waals surface area contributed by atoms with Crippen molar-refractivity contribution in [1.82, 2.24) is 34.9 Å². The smallest absolute Gasteiger partial charge is 0.268 e. The molecule has 4 aliphatic carbocycles. The highest BCUT2D eigenvalue weighted by atomic mass is 16.3. The molecule has 0 aromatic carbocycles.